The molecule has 32 heavy (non-hydrogen) atoms. The lowest BCUT2D eigenvalue weighted by atomic mass is 10.0. The van der Waals surface area contributed by atoms with Gasteiger partial charge in [0.15, 0.2) is 6.61 Å². The molecular formula is C26H36N2O4. The third-order valence-corrected chi connectivity index (χ3v) is 5.04. The monoisotopic (exact) mass is 440 g/mol. The Kier molecular flexibility index (Phi) is 8.70. The molecule has 1 unspecified atom stereocenters. The minimum Gasteiger partial charge on any atom is -0.497 e. The predicted octanol–water partition coefficient (Wildman–Crippen LogP) is 4.53. The molecule has 1 N–H and O–H groups in total. The second-order valence-electron chi connectivity index (χ2n) is 9.27. The normalized spacial score (nSPS) is 12.2. The Morgan fingerprint density at radius 3 is 2.34 bits per heavy atom. The molecule has 0 heterocycles. The third-order valence-electron chi connectivity index (χ3n) is 5.04. The molecule has 2 rings (SSSR count). The van der Waals surface area contributed by atoms with E-state index in [9.17, 15) is 9.59 Å². The standard InChI is InChI=1S/C26H36N2O4/c1-18(2)22-13-8-9-14-23(22)32-17-24(29)28(19(3)25(30)27-26(4,5)6)16-20-11-10-12-21(15-20)31-7/h8-15,18-19H,16-17H2,1-7H3,(H,27,30). The number of hydrogen-bond acceptors (Lipinski definition) is 4. The number of nitrogens with zero attached hydrogens (tertiary/aromatic N) is 1. The number of carbonyl (C=O) groups excluding carboxylic acids is 2. The van der Waals surface area contributed by atoms with Gasteiger partial charge in [-0.05, 0) is 62.9 Å². The summed E-state index contributed by atoms with van der Waals surface area (Å²) in [7, 11) is 1.60. The summed E-state index contributed by atoms with van der Waals surface area (Å²) >= 11 is 0. The van der Waals surface area contributed by atoms with E-state index < -0.39 is 11.6 Å². The van der Waals surface area contributed by atoms with Crippen LogP contribution in [0, 0.1) is 0 Å². The molecule has 0 bridgehead atoms. The number of rotatable bonds is 9. The van der Waals surface area contributed by atoms with Gasteiger partial charge in [-0.15, -0.1) is 0 Å². The van der Waals surface area contributed by atoms with Crippen LogP contribution in [-0.4, -0.2) is 42.0 Å². The molecule has 6 nitrogen and oxygen atoms in total. The molecule has 0 fully saturated rings. The minimum absolute atomic E-state index is 0.152. The Balaban J connectivity index is 2.24. The van der Waals surface area contributed by atoms with Crippen LogP contribution in [0.25, 0.3) is 0 Å². The Bertz CT molecular complexity index is 918. The summed E-state index contributed by atoms with van der Waals surface area (Å²) in [6.45, 7) is 11.8. The van der Waals surface area contributed by atoms with Crippen molar-refractivity contribution in [2.24, 2.45) is 0 Å². The summed E-state index contributed by atoms with van der Waals surface area (Å²) in [6.07, 6.45) is 0. The molecule has 2 aromatic carbocycles. The zero-order chi connectivity index (χ0) is 23.9. The van der Waals surface area contributed by atoms with Crippen LogP contribution in [0.5, 0.6) is 11.5 Å². The van der Waals surface area contributed by atoms with Crippen LogP contribution in [0.15, 0.2) is 48.5 Å². The number of hydrogen-bond donors (Lipinski definition) is 1. The molecular weight excluding hydrogens is 404 g/mol. The number of nitrogens with one attached hydrogen (secondary N) is 1. The lowest BCUT2D eigenvalue weighted by Gasteiger charge is -2.31. The summed E-state index contributed by atoms with van der Waals surface area (Å²) < 4.78 is 11.2. The molecule has 0 aliphatic heterocycles. The maximum absolute atomic E-state index is 13.3. The van der Waals surface area contributed by atoms with Gasteiger partial charge in [0.25, 0.3) is 5.91 Å². The average molecular weight is 441 g/mol. The topological polar surface area (TPSA) is 67.9 Å². The van der Waals surface area contributed by atoms with Crippen molar-refractivity contribution in [3.05, 3.63) is 59.7 Å². The van der Waals surface area contributed by atoms with E-state index in [-0.39, 0.29) is 30.9 Å². The molecule has 0 aliphatic carbocycles. The first-order chi connectivity index (χ1) is 15.0. The highest BCUT2D eigenvalue weighted by molar-refractivity contribution is 5.88. The van der Waals surface area contributed by atoms with Gasteiger partial charge in [-0.1, -0.05) is 44.2 Å². The third kappa shape index (κ3) is 7.29. The fraction of sp³-hybridized carbons (Fsp3) is 0.462. The summed E-state index contributed by atoms with van der Waals surface area (Å²) in [5.74, 6) is 1.18. The van der Waals surface area contributed by atoms with Gasteiger partial charge in [0, 0.05) is 12.1 Å². The van der Waals surface area contributed by atoms with E-state index in [0.29, 0.717) is 11.5 Å². The smallest absolute Gasteiger partial charge is 0.261 e. The van der Waals surface area contributed by atoms with E-state index in [1.54, 1.807) is 18.9 Å². The summed E-state index contributed by atoms with van der Waals surface area (Å²) in [4.78, 5) is 27.7. The highest BCUT2D eigenvalue weighted by Gasteiger charge is 2.29. The van der Waals surface area contributed by atoms with Crippen LogP contribution in [0.3, 0.4) is 0 Å². The molecule has 6 heteroatoms. The van der Waals surface area contributed by atoms with Gasteiger partial charge in [0.1, 0.15) is 17.5 Å². The SMILES string of the molecule is COc1cccc(CN(C(=O)COc2ccccc2C(C)C)C(C)C(=O)NC(C)(C)C)c1. The lowest BCUT2D eigenvalue weighted by Crippen LogP contribution is -2.53. The maximum atomic E-state index is 13.3. The van der Waals surface area contributed by atoms with Crippen LogP contribution in [0.4, 0.5) is 0 Å². The molecule has 0 radical (unpaired) electrons. The Morgan fingerprint density at radius 2 is 1.72 bits per heavy atom. The predicted molar refractivity (Wildman–Crippen MR) is 127 cm³/mol. The number of carbonyl (C=O) groups is 2. The van der Waals surface area contributed by atoms with Crippen LogP contribution in [0.2, 0.25) is 0 Å². The van der Waals surface area contributed by atoms with Gasteiger partial charge in [-0.3, -0.25) is 9.59 Å². The highest BCUT2D eigenvalue weighted by atomic mass is 16.5. The van der Waals surface area contributed by atoms with Gasteiger partial charge in [-0.25, -0.2) is 0 Å². The average Bonchev–Trinajstić information content (AvgIpc) is 2.74. The molecule has 1 atom stereocenters. The van der Waals surface area contributed by atoms with Crippen molar-refractivity contribution in [2.75, 3.05) is 13.7 Å². The lowest BCUT2D eigenvalue weighted by molar-refractivity contribution is -0.142. The fourth-order valence-corrected chi connectivity index (χ4v) is 3.34. The van der Waals surface area contributed by atoms with Gasteiger partial charge in [0.2, 0.25) is 5.91 Å². The molecule has 2 amide bonds. The van der Waals surface area contributed by atoms with Crippen molar-refractivity contribution in [1.29, 1.82) is 0 Å². The van der Waals surface area contributed by atoms with Crippen molar-refractivity contribution in [3.8, 4) is 11.5 Å². The first-order valence-electron chi connectivity index (χ1n) is 11.0. The molecule has 2 aromatic rings. The molecule has 0 aromatic heterocycles. The molecule has 0 spiro atoms. The first kappa shape index (κ1) is 25.2. The highest BCUT2D eigenvalue weighted by Crippen LogP contribution is 2.26. The summed E-state index contributed by atoms with van der Waals surface area (Å²) in [6, 6.07) is 14.5. The molecule has 174 valence electrons. The number of amides is 2. The van der Waals surface area contributed by atoms with Gasteiger partial charge >= 0.3 is 0 Å². The zero-order valence-electron chi connectivity index (χ0n) is 20.3. The quantitative estimate of drug-likeness (QED) is 0.622. The largest absolute Gasteiger partial charge is 0.497 e. The maximum Gasteiger partial charge on any atom is 0.261 e. The van der Waals surface area contributed by atoms with Crippen molar-refractivity contribution in [2.45, 2.75) is 65.6 Å². The summed E-state index contributed by atoms with van der Waals surface area (Å²) in [5, 5.41) is 2.96. The number of benzene rings is 2. The van der Waals surface area contributed by atoms with E-state index in [1.165, 1.54) is 0 Å². The number of para-hydroxylation sites is 1. The number of methoxy groups -OCH3 is 1. The van der Waals surface area contributed by atoms with Crippen LogP contribution in [0.1, 0.15) is 58.6 Å². The van der Waals surface area contributed by atoms with E-state index in [0.717, 1.165) is 11.1 Å². The second-order valence-corrected chi connectivity index (χ2v) is 9.27. The van der Waals surface area contributed by atoms with Crippen LogP contribution in [-0.2, 0) is 16.1 Å². The van der Waals surface area contributed by atoms with E-state index in [1.807, 2.05) is 69.3 Å². The van der Waals surface area contributed by atoms with Crippen molar-refractivity contribution < 1.29 is 19.1 Å². The first-order valence-corrected chi connectivity index (χ1v) is 11.0. The van der Waals surface area contributed by atoms with E-state index in [2.05, 4.69) is 19.2 Å². The molecule has 0 saturated carbocycles. The second kappa shape index (κ2) is 11.0. The number of ether oxygens (including phenoxy) is 2. The molecule has 0 saturated heterocycles. The Labute approximate surface area is 191 Å². The molecule has 0 aliphatic rings. The minimum atomic E-state index is -0.670. The summed E-state index contributed by atoms with van der Waals surface area (Å²) in [5.41, 5.74) is 1.51. The van der Waals surface area contributed by atoms with Gasteiger partial charge in [0.05, 0.1) is 7.11 Å². The van der Waals surface area contributed by atoms with Crippen molar-refractivity contribution >= 4 is 11.8 Å². The van der Waals surface area contributed by atoms with E-state index >= 15 is 0 Å². The fourth-order valence-electron chi connectivity index (χ4n) is 3.34. The van der Waals surface area contributed by atoms with Crippen molar-refractivity contribution in [3.63, 3.8) is 0 Å². The van der Waals surface area contributed by atoms with Gasteiger partial charge < -0.3 is 19.7 Å². The van der Waals surface area contributed by atoms with E-state index in [4.69, 9.17) is 9.47 Å². The van der Waals surface area contributed by atoms with Crippen LogP contribution < -0.4 is 14.8 Å². The van der Waals surface area contributed by atoms with Gasteiger partial charge in [-0.2, -0.15) is 0 Å². The zero-order valence-corrected chi connectivity index (χ0v) is 20.3. The van der Waals surface area contributed by atoms with Crippen molar-refractivity contribution in [1.82, 2.24) is 10.2 Å². The Morgan fingerprint density at radius 1 is 1.03 bits per heavy atom. The van der Waals surface area contributed by atoms with Crippen LogP contribution >= 0.6 is 0 Å². The Hall–Kier alpha value is -3.02.